The number of anilines is 1. The Bertz CT molecular complexity index is 677. The molecule has 0 fully saturated rings. The highest BCUT2D eigenvalue weighted by Gasteiger charge is 2.08. The van der Waals surface area contributed by atoms with Crippen LogP contribution >= 0.6 is 22.9 Å². The molecule has 0 aliphatic carbocycles. The third-order valence-electron chi connectivity index (χ3n) is 2.74. The van der Waals surface area contributed by atoms with Crippen LogP contribution in [0.4, 0.5) is 5.13 Å². The van der Waals surface area contributed by atoms with Crippen LogP contribution in [0, 0.1) is 0 Å². The van der Waals surface area contributed by atoms with Gasteiger partial charge in [0.2, 0.25) is 0 Å². The molecule has 1 atom stereocenters. The summed E-state index contributed by atoms with van der Waals surface area (Å²) in [5.74, 6) is 0. The molecule has 0 amide bonds. The van der Waals surface area contributed by atoms with E-state index in [1.54, 1.807) is 17.5 Å². The summed E-state index contributed by atoms with van der Waals surface area (Å²) >= 11 is 7.60. The van der Waals surface area contributed by atoms with Gasteiger partial charge in [0.1, 0.15) is 0 Å². The van der Waals surface area contributed by atoms with Crippen LogP contribution in [0.15, 0.2) is 36.7 Å². The minimum Gasteiger partial charge on any atom is -0.357 e. The molecule has 3 rings (SSSR count). The van der Waals surface area contributed by atoms with Gasteiger partial charge in [-0.05, 0) is 31.2 Å². The van der Waals surface area contributed by atoms with Crippen molar-refractivity contribution in [3.05, 3.63) is 41.7 Å². The molecule has 1 aromatic carbocycles. The monoisotopic (exact) mass is 292 g/mol. The molecule has 6 heteroatoms. The summed E-state index contributed by atoms with van der Waals surface area (Å²) in [4.78, 5) is 4.54. The summed E-state index contributed by atoms with van der Waals surface area (Å²) in [6.07, 6.45) is 3.74. The first-order valence-corrected chi connectivity index (χ1v) is 7.20. The van der Waals surface area contributed by atoms with E-state index < -0.39 is 0 Å². The van der Waals surface area contributed by atoms with Crippen molar-refractivity contribution in [3.63, 3.8) is 0 Å². The van der Waals surface area contributed by atoms with Crippen LogP contribution in [0.3, 0.4) is 0 Å². The minimum absolute atomic E-state index is 0.260. The zero-order valence-corrected chi connectivity index (χ0v) is 11.9. The fourth-order valence-electron chi connectivity index (χ4n) is 1.91. The van der Waals surface area contributed by atoms with Crippen LogP contribution < -0.4 is 5.32 Å². The number of nitrogens with one attached hydrogen (secondary N) is 1. The van der Waals surface area contributed by atoms with Gasteiger partial charge in [0.25, 0.3) is 0 Å². The van der Waals surface area contributed by atoms with Gasteiger partial charge in [-0.25, -0.2) is 4.98 Å². The van der Waals surface area contributed by atoms with E-state index in [0.29, 0.717) is 5.02 Å². The Morgan fingerprint density at radius 2 is 2.37 bits per heavy atom. The van der Waals surface area contributed by atoms with Crippen molar-refractivity contribution in [2.75, 3.05) is 5.32 Å². The Balaban J connectivity index is 1.74. The van der Waals surface area contributed by atoms with E-state index in [0.717, 1.165) is 21.9 Å². The Kier molecular flexibility index (Phi) is 3.40. The second kappa shape index (κ2) is 5.19. The molecule has 2 aromatic heterocycles. The molecule has 0 saturated carbocycles. The van der Waals surface area contributed by atoms with Gasteiger partial charge < -0.3 is 5.32 Å². The van der Waals surface area contributed by atoms with E-state index in [1.807, 2.05) is 35.1 Å². The summed E-state index contributed by atoms with van der Waals surface area (Å²) in [6, 6.07) is 7.96. The molecule has 2 heterocycles. The Hall–Kier alpha value is -1.59. The van der Waals surface area contributed by atoms with Crippen molar-refractivity contribution >= 4 is 38.3 Å². The van der Waals surface area contributed by atoms with Crippen LogP contribution in [-0.2, 0) is 6.54 Å². The highest BCUT2D eigenvalue weighted by Crippen LogP contribution is 2.28. The molecule has 3 aromatic rings. The zero-order valence-electron chi connectivity index (χ0n) is 10.4. The number of fused-ring (bicyclic) bond motifs is 1. The lowest BCUT2D eigenvalue weighted by atomic mass is 10.3. The molecule has 1 unspecified atom stereocenters. The first-order valence-electron chi connectivity index (χ1n) is 6.01. The molecule has 19 heavy (non-hydrogen) atoms. The predicted molar refractivity (Wildman–Crippen MR) is 79.9 cm³/mol. The van der Waals surface area contributed by atoms with Crippen molar-refractivity contribution in [3.8, 4) is 0 Å². The number of nitrogens with zero attached hydrogens (tertiary/aromatic N) is 3. The second-order valence-electron chi connectivity index (χ2n) is 4.40. The minimum atomic E-state index is 0.260. The number of aromatic nitrogens is 3. The molecule has 4 nitrogen and oxygen atoms in total. The van der Waals surface area contributed by atoms with Crippen LogP contribution in [0.25, 0.3) is 10.2 Å². The standard InChI is InChI=1S/C13H13ClN4S/c1-9(8-18-6-2-5-15-18)16-13-17-11-7-10(14)3-4-12(11)19-13/h2-7,9H,8H2,1H3,(H,16,17). The summed E-state index contributed by atoms with van der Waals surface area (Å²) in [6.45, 7) is 2.92. The van der Waals surface area contributed by atoms with Crippen LogP contribution in [0.1, 0.15) is 6.92 Å². The van der Waals surface area contributed by atoms with Crippen molar-refractivity contribution < 1.29 is 0 Å². The lowest BCUT2D eigenvalue weighted by molar-refractivity contribution is 0.561. The number of rotatable bonds is 4. The van der Waals surface area contributed by atoms with Crippen molar-refractivity contribution in [1.29, 1.82) is 0 Å². The molecular formula is C13H13ClN4S. The quantitative estimate of drug-likeness (QED) is 0.798. The van der Waals surface area contributed by atoms with Crippen molar-refractivity contribution in [2.24, 2.45) is 0 Å². The van der Waals surface area contributed by atoms with Gasteiger partial charge in [-0.2, -0.15) is 5.10 Å². The third kappa shape index (κ3) is 2.88. The Labute approximate surface area is 120 Å². The molecule has 0 aliphatic heterocycles. The maximum Gasteiger partial charge on any atom is 0.184 e. The smallest absolute Gasteiger partial charge is 0.184 e. The predicted octanol–water partition coefficient (Wildman–Crippen LogP) is 3.65. The largest absolute Gasteiger partial charge is 0.357 e. The van der Waals surface area contributed by atoms with Crippen LogP contribution in [0.2, 0.25) is 5.02 Å². The molecular weight excluding hydrogens is 280 g/mol. The second-order valence-corrected chi connectivity index (χ2v) is 5.87. The number of benzene rings is 1. The van der Waals surface area contributed by atoms with E-state index in [2.05, 4.69) is 22.3 Å². The summed E-state index contributed by atoms with van der Waals surface area (Å²) in [5.41, 5.74) is 0.936. The average molecular weight is 293 g/mol. The highest BCUT2D eigenvalue weighted by atomic mass is 35.5. The van der Waals surface area contributed by atoms with Gasteiger partial charge in [-0.1, -0.05) is 22.9 Å². The first kappa shape index (κ1) is 12.4. The number of hydrogen-bond donors (Lipinski definition) is 1. The average Bonchev–Trinajstić information content (AvgIpc) is 2.97. The maximum absolute atomic E-state index is 5.96. The van der Waals surface area contributed by atoms with E-state index in [4.69, 9.17) is 11.6 Å². The van der Waals surface area contributed by atoms with Crippen molar-refractivity contribution in [2.45, 2.75) is 19.5 Å². The molecule has 0 spiro atoms. The van der Waals surface area contributed by atoms with Crippen LogP contribution in [0.5, 0.6) is 0 Å². The molecule has 0 radical (unpaired) electrons. The lowest BCUT2D eigenvalue weighted by Gasteiger charge is -2.12. The van der Waals surface area contributed by atoms with Gasteiger partial charge in [0.15, 0.2) is 5.13 Å². The van der Waals surface area contributed by atoms with E-state index >= 15 is 0 Å². The molecule has 0 saturated heterocycles. The van der Waals surface area contributed by atoms with Crippen LogP contribution in [-0.4, -0.2) is 20.8 Å². The number of halogens is 1. The van der Waals surface area contributed by atoms with Gasteiger partial charge in [0, 0.05) is 23.5 Å². The maximum atomic E-state index is 5.96. The highest BCUT2D eigenvalue weighted by molar-refractivity contribution is 7.22. The van der Waals surface area contributed by atoms with E-state index in [9.17, 15) is 0 Å². The molecule has 98 valence electrons. The fourth-order valence-corrected chi connectivity index (χ4v) is 3.03. The van der Waals surface area contributed by atoms with E-state index in [1.165, 1.54) is 0 Å². The normalized spacial score (nSPS) is 12.7. The Morgan fingerprint density at radius 1 is 1.47 bits per heavy atom. The SMILES string of the molecule is CC(Cn1cccn1)Nc1nc2cc(Cl)ccc2s1. The van der Waals surface area contributed by atoms with Gasteiger partial charge >= 0.3 is 0 Å². The van der Waals surface area contributed by atoms with Gasteiger partial charge in [0.05, 0.1) is 16.8 Å². The van der Waals surface area contributed by atoms with E-state index in [-0.39, 0.29) is 6.04 Å². The molecule has 1 N–H and O–H groups in total. The van der Waals surface area contributed by atoms with Gasteiger partial charge in [-0.3, -0.25) is 4.68 Å². The summed E-state index contributed by atoms with van der Waals surface area (Å²) in [5, 5.41) is 9.22. The van der Waals surface area contributed by atoms with Gasteiger partial charge in [-0.15, -0.1) is 0 Å². The number of thiazole rings is 1. The third-order valence-corrected chi connectivity index (χ3v) is 3.94. The first-order chi connectivity index (χ1) is 9.20. The number of hydrogen-bond acceptors (Lipinski definition) is 4. The zero-order chi connectivity index (χ0) is 13.2. The summed E-state index contributed by atoms with van der Waals surface area (Å²) in [7, 11) is 0. The molecule has 0 bridgehead atoms. The topological polar surface area (TPSA) is 42.7 Å². The summed E-state index contributed by atoms with van der Waals surface area (Å²) < 4.78 is 3.04. The Morgan fingerprint density at radius 3 is 3.16 bits per heavy atom. The fraction of sp³-hybridized carbons (Fsp3) is 0.231. The van der Waals surface area contributed by atoms with Crippen molar-refractivity contribution in [1.82, 2.24) is 14.8 Å². The lowest BCUT2D eigenvalue weighted by Crippen LogP contribution is -2.22. The molecule has 0 aliphatic rings.